The van der Waals surface area contributed by atoms with E-state index >= 15 is 9.59 Å². The molecule has 4 N–H and O–H groups in total. The molecule has 4 aliphatic heterocycles. The third-order valence-electron chi connectivity index (χ3n) is 18.5. The highest BCUT2D eigenvalue weighted by atomic mass is 16.5. The molecule has 15 rings (SSSR count). The molecule has 4 fully saturated rings. The second-order valence-corrected chi connectivity index (χ2v) is 23.5. The lowest BCUT2D eigenvalue weighted by atomic mass is 9.80. The Hall–Kier alpha value is -8.54. The van der Waals surface area contributed by atoms with Crippen LogP contribution < -0.4 is 21.3 Å². The van der Waals surface area contributed by atoms with Gasteiger partial charge < -0.3 is 40.2 Å². The Kier molecular flexibility index (Phi) is 15.9. The normalized spacial score (nSPS) is 20.0. The molecule has 4 atom stereocenters. The molecule has 5 aliphatic rings. The van der Waals surface area contributed by atoms with Gasteiger partial charge in [0.1, 0.15) is 24.9 Å². The van der Waals surface area contributed by atoms with Crippen molar-refractivity contribution >= 4 is 77.4 Å². The van der Waals surface area contributed by atoms with Crippen molar-refractivity contribution in [1.82, 2.24) is 19.6 Å². The fraction of sp³-hybridized carbons (Fsp3) is 0.270. The largest absolute Gasteiger partial charge is 0.383 e. The van der Waals surface area contributed by atoms with E-state index in [9.17, 15) is 0 Å². The number of benzene rings is 10. The summed E-state index contributed by atoms with van der Waals surface area (Å²) >= 11 is 0. The van der Waals surface area contributed by atoms with Gasteiger partial charge in [-0.2, -0.15) is 0 Å². The highest BCUT2D eigenvalue weighted by Crippen LogP contribution is 2.43. The number of hydrogen-bond donors (Lipinski definition) is 4. The molecule has 444 valence electrons. The molecule has 14 nitrogen and oxygen atoms in total. The zero-order chi connectivity index (χ0) is 58.9. The summed E-state index contributed by atoms with van der Waals surface area (Å²) in [7, 11) is 0. The number of nitrogens with zero attached hydrogens (tertiary/aromatic N) is 4. The maximum atomic E-state index is 16.1. The smallest absolute Gasteiger partial charge is 0.198 e. The molecule has 0 amide bonds. The standard InChI is InChI=1S/C74H72N8O6/c83-69-65-61(75-33-37-79-41-45-85-71(79)57-25-9-17-49-13-1-5-21-53(49)57)29-30-62(76-34-38-80-42-46-86-72(80)58-26-10-18-50-14-2-6-22-54(50)58)66(65)70(84)68-64(78-36-40-82-44-48-88-74(82)60-28-12-20-52-16-4-8-24-56(52)60)32-31-63(67(68)69)77-35-39-81-43-47-87-73(81)59-27-11-19-51-15-3-7-23-55(51)59/h1-32,71-78H,33-48H2. The van der Waals surface area contributed by atoms with Crippen LogP contribution in [0.3, 0.4) is 0 Å². The lowest BCUT2D eigenvalue weighted by molar-refractivity contribution is 0.0357. The van der Waals surface area contributed by atoms with Crippen LogP contribution in [0, 0.1) is 0 Å². The predicted octanol–water partition coefficient (Wildman–Crippen LogP) is 12.8. The van der Waals surface area contributed by atoms with Crippen LogP contribution >= 0.6 is 0 Å². The van der Waals surface area contributed by atoms with Gasteiger partial charge in [0.15, 0.2) is 11.6 Å². The van der Waals surface area contributed by atoms with Crippen LogP contribution in [-0.2, 0) is 18.9 Å². The Balaban J connectivity index is 0.747. The number of ether oxygens (including phenoxy) is 4. The molecular weight excluding hydrogens is 1100 g/mol. The summed E-state index contributed by atoms with van der Waals surface area (Å²) in [5.41, 5.74) is 8.42. The summed E-state index contributed by atoms with van der Waals surface area (Å²) in [5, 5.41) is 24.2. The van der Waals surface area contributed by atoms with E-state index in [-0.39, 0.29) is 36.5 Å². The van der Waals surface area contributed by atoms with Gasteiger partial charge in [-0.3, -0.25) is 29.2 Å². The van der Waals surface area contributed by atoms with Gasteiger partial charge in [-0.05, 0) is 67.4 Å². The van der Waals surface area contributed by atoms with Crippen molar-refractivity contribution in [2.45, 2.75) is 24.9 Å². The van der Waals surface area contributed by atoms with Gasteiger partial charge in [0.2, 0.25) is 0 Å². The van der Waals surface area contributed by atoms with Gasteiger partial charge >= 0.3 is 0 Å². The average molecular weight is 1170 g/mol. The lowest BCUT2D eigenvalue weighted by Crippen LogP contribution is -2.33. The molecule has 0 saturated carbocycles. The van der Waals surface area contributed by atoms with E-state index in [1.165, 1.54) is 43.1 Å². The summed E-state index contributed by atoms with van der Waals surface area (Å²) < 4.78 is 25.8. The molecule has 4 heterocycles. The molecule has 4 saturated heterocycles. The third kappa shape index (κ3) is 10.7. The van der Waals surface area contributed by atoms with Crippen molar-refractivity contribution in [1.29, 1.82) is 0 Å². The second kappa shape index (κ2) is 24.9. The van der Waals surface area contributed by atoms with E-state index in [0.29, 0.717) is 124 Å². The summed E-state index contributed by atoms with van der Waals surface area (Å²) in [4.78, 5) is 41.7. The van der Waals surface area contributed by atoms with E-state index in [1.807, 2.05) is 24.3 Å². The minimum absolute atomic E-state index is 0.217. The van der Waals surface area contributed by atoms with Crippen molar-refractivity contribution in [3.63, 3.8) is 0 Å². The molecule has 88 heavy (non-hydrogen) atoms. The number of fused-ring (bicyclic) bond motifs is 6. The van der Waals surface area contributed by atoms with E-state index in [4.69, 9.17) is 18.9 Å². The number of carbonyl (C=O) groups is 2. The minimum Gasteiger partial charge on any atom is -0.383 e. The third-order valence-corrected chi connectivity index (χ3v) is 18.5. The van der Waals surface area contributed by atoms with Crippen LogP contribution in [-0.4, -0.2) is 136 Å². The van der Waals surface area contributed by atoms with E-state index in [2.05, 4.69) is 211 Å². The Morgan fingerprint density at radius 2 is 0.523 bits per heavy atom. The first-order valence-corrected chi connectivity index (χ1v) is 31.2. The molecule has 0 bridgehead atoms. The second-order valence-electron chi connectivity index (χ2n) is 23.5. The quantitative estimate of drug-likeness (QED) is 0.0577. The fourth-order valence-electron chi connectivity index (χ4n) is 14.3. The first-order chi connectivity index (χ1) is 43.5. The molecule has 10 aromatic rings. The monoisotopic (exact) mass is 1170 g/mol. The average Bonchev–Trinajstić information content (AvgIpc) is 1.19. The maximum absolute atomic E-state index is 16.1. The number of rotatable bonds is 20. The molecule has 10 aromatic carbocycles. The van der Waals surface area contributed by atoms with E-state index in [0.717, 1.165) is 48.4 Å². The first kappa shape index (κ1) is 56.0. The highest BCUT2D eigenvalue weighted by molar-refractivity contribution is 6.35. The number of carbonyl (C=O) groups excluding carboxylic acids is 2. The van der Waals surface area contributed by atoms with Crippen LogP contribution in [0.2, 0.25) is 0 Å². The van der Waals surface area contributed by atoms with Gasteiger partial charge in [0.25, 0.3) is 0 Å². The van der Waals surface area contributed by atoms with Crippen LogP contribution in [0.15, 0.2) is 194 Å². The number of ketones is 2. The van der Waals surface area contributed by atoms with Crippen LogP contribution in [0.4, 0.5) is 22.7 Å². The van der Waals surface area contributed by atoms with Gasteiger partial charge in [-0.25, -0.2) is 0 Å². The van der Waals surface area contributed by atoms with E-state index < -0.39 is 0 Å². The van der Waals surface area contributed by atoms with Crippen LogP contribution in [0.25, 0.3) is 43.1 Å². The SMILES string of the molecule is O=C1c2c(NCCN3CCOC3c3cccc4ccccc34)ccc(NCCN3CCOC3c3cccc4ccccc34)c2C(=O)c2c(NCCN3CCOC3c3cccc4ccccc34)ccc(NCCN3CCOC3c3cccc4ccccc34)c21. The molecule has 1 aliphatic carbocycles. The highest BCUT2D eigenvalue weighted by Gasteiger charge is 2.39. The Morgan fingerprint density at radius 1 is 0.295 bits per heavy atom. The number of anilines is 4. The number of nitrogens with one attached hydrogen (secondary N) is 4. The number of hydrogen-bond acceptors (Lipinski definition) is 14. The zero-order valence-corrected chi connectivity index (χ0v) is 49.3. The fourth-order valence-corrected chi connectivity index (χ4v) is 14.3. The van der Waals surface area contributed by atoms with Crippen molar-refractivity contribution in [2.24, 2.45) is 0 Å². The topological polar surface area (TPSA) is 132 Å². The molecule has 0 spiro atoms. The van der Waals surface area contributed by atoms with Gasteiger partial charge in [0.05, 0.1) is 48.7 Å². The van der Waals surface area contributed by atoms with Crippen molar-refractivity contribution in [3.05, 3.63) is 239 Å². The van der Waals surface area contributed by atoms with Gasteiger partial charge in [-0.1, -0.05) is 170 Å². The maximum Gasteiger partial charge on any atom is 0.198 e. The molecule has 14 heteroatoms. The van der Waals surface area contributed by atoms with Crippen molar-refractivity contribution < 1.29 is 28.5 Å². The first-order valence-electron chi connectivity index (χ1n) is 31.2. The molecule has 0 aromatic heterocycles. The van der Waals surface area contributed by atoms with Gasteiger partial charge in [-0.15, -0.1) is 0 Å². The summed E-state index contributed by atoms with van der Waals surface area (Å²) in [6, 6.07) is 67.2. The Labute approximate surface area is 512 Å². The lowest BCUT2D eigenvalue weighted by Gasteiger charge is -2.29. The molecule has 4 unspecified atom stereocenters. The van der Waals surface area contributed by atoms with E-state index in [1.54, 1.807) is 0 Å². The predicted molar refractivity (Wildman–Crippen MR) is 351 cm³/mol. The van der Waals surface area contributed by atoms with Crippen LogP contribution in [0.1, 0.15) is 79.0 Å². The van der Waals surface area contributed by atoms with Crippen molar-refractivity contribution in [2.75, 3.05) is 126 Å². The summed E-state index contributed by atoms with van der Waals surface area (Å²) in [5.74, 6) is -0.433. The van der Waals surface area contributed by atoms with Crippen LogP contribution in [0.5, 0.6) is 0 Å². The zero-order valence-electron chi connectivity index (χ0n) is 49.3. The van der Waals surface area contributed by atoms with Crippen molar-refractivity contribution in [3.8, 4) is 0 Å². The summed E-state index contributed by atoms with van der Waals surface area (Å²) in [6.45, 7) is 10.1. The van der Waals surface area contributed by atoms with Gasteiger partial charge in [0, 0.05) is 124 Å². The molecule has 0 radical (unpaired) electrons. The summed E-state index contributed by atoms with van der Waals surface area (Å²) in [6.07, 6.45) is -0.886. The Bertz CT molecular complexity index is 3700. The molecular formula is C74H72N8O6. The minimum atomic E-state index is -0.221. The Morgan fingerprint density at radius 3 is 0.773 bits per heavy atom.